The number of carboxylic acids is 1. The van der Waals surface area contributed by atoms with Crippen LogP contribution in [0.5, 0.6) is 0 Å². The fourth-order valence-electron chi connectivity index (χ4n) is 3.86. The quantitative estimate of drug-likeness (QED) is 0.679. The Morgan fingerprint density at radius 3 is 2.35 bits per heavy atom. The molecule has 3 heteroatoms. The van der Waals surface area contributed by atoms with Gasteiger partial charge in [0.25, 0.3) is 5.78 Å². The molecular weight excluding hydrogens is 252 g/mol. The molecule has 1 aromatic rings. The van der Waals surface area contributed by atoms with Crippen LogP contribution in [0.1, 0.15) is 53.6 Å². The third-order valence-electron chi connectivity index (χ3n) is 4.94. The van der Waals surface area contributed by atoms with Crippen molar-refractivity contribution in [3.63, 3.8) is 0 Å². The zero-order valence-electron chi connectivity index (χ0n) is 11.6. The summed E-state index contributed by atoms with van der Waals surface area (Å²) in [6.45, 7) is 0. The highest BCUT2D eigenvalue weighted by atomic mass is 16.4. The van der Waals surface area contributed by atoms with E-state index in [1.165, 1.54) is 43.2 Å². The average Bonchev–Trinajstić information content (AvgIpc) is 2.90. The lowest BCUT2D eigenvalue weighted by atomic mass is 9.79. The van der Waals surface area contributed by atoms with Crippen molar-refractivity contribution in [1.82, 2.24) is 0 Å². The first-order valence-corrected chi connectivity index (χ1v) is 7.54. The van der Waals surface area contributed by atoms with E-state index in [1.54, 1.807) is 12.1 Å². The van der Waals surface area contributed by atoms with E-state index < -0.39 is 11.8 Å². The fourth-order valence-corrected chi connectivity index (χ4v) is 3.86. The standard InChI is InChI=1S/C17H20O3/c18-16(17(19)20)13-7-6-12-8-14(10-15(12)9-13)11-4-2-1-3-5-11/h6-7,9,11,14H,1-5,8,10H2,(H,19,20)/t14-/m0/s1. The van der Waals surface area contributed by atoms with Crippen LogP contribution >= 0.6 is 0 Å². The van der Waals surface area contributed by atoms with Gasteiger partial charge in [0, 0.05) is 5.56 Å². The Balaban J connectivity index is 1.76. The van der Waals surface area contributed by atoms with Crippen molar-refractivity contribution in [3.05, 3.63) is 34.9 Å². The second-order valence-corrected chi connectivity index (χ2v) is 6.18. The first kappa shape index (κ1) is 13.3. The fraction of sp³-hybridized carbons (Fsp3) is 0.529. The number of carbonyl (C=O) groups excluding carboxylic acids is 1. The van der Waals surface area contributed by atoms with E-state index in [1.807, 2.05) is 6.07 Å². The van der Waals surface area contributed by atoms with E-state index in [-0.39, 0.29) is 0 Å². The van der Waals surface area contributed by atoms with Crippen molar-refractivity contribution < 1.29 is 14.7 Å². The summed E-state index contributed by atoms with van der Waals surface area (Å²) in [4.78, 5) is 22.3. The van der Waals surface area contributed by atoms with Gasteiger partial charge < -0.3 is 5.11 Å². The Hall–Kier alpha value is -1.64. The first-order chi connectivity index (χ1) is 9.65. The predicted molar refractivity (Wildman–Crippen MR) is 75.9 cm³/mol. The largest absolute Gasteiger partial charge is 0.475 e. The van der Waals surface area contributed by atoms with E-state index in [4.69, 9.17) is 5.11 Å². The van der Waals surface area contributed by atoms with Crippen LogP contribution in [-0.4, -0.2) is 16.9 Å². The lowest BCUT2D eigenvalue weighted by molar-refractivity contribution is -0.131. The van der Waals surface area contributed by atoms with Crippen molar-refractivity contribution >= 4 is 11.8 Å². The normalized spacial score (nSPS) is 22.5. The molecule has 1 saturated carbocycles. The highest BCUT2D eigenvalue weighted by molar-refractivity contribution is 6.39. The molecule has 0 heterocycles. The molecule has 3 rings (SSSR count). The summed E-state index contributed by atoms with van der Waals surface area (Å²) in [5, 5.41) is 8.79. The first-order valence-electron chi connectivity index (χ1n) is 7.54. The number of ketones is 1. The molecule has 106 valence electrons. The predicted octanol–water partition coefficient (Wildman–Crippen LogP) is 3.25. The smallest absolute Gasteiger partial charge is 0.377 e. The van der Waals surface area contributed by atoms with Gasteiger partial charge in [-0.15, -0.1) is 0 Å². The summed E-state index contributed by atoms with van der Waals surface area (Å²) in [5.74, 6) is -0.657. The zero-order valence-corrected chi connectivity index (χ0v) is 11.6. The minimum Gasteiger partial charge on any atom is -0.475 e. The molecule has 0 saturated heterocycles. The highest BCUT2D eigenvalue weighted by Gasteiger charge is 2.30. The van der Waals surface area contributed by atoms with Crippen molar-refractivity contribution in [1.29, 1.82) is 0 Å². The lowest BCUT2D eigenvalue weighted by Crippen LogP contribution is -2.18. The van der Waals surface area contributed by atoms with Gasteiger partial charge in [0.15, 0.2) is 0 Å². The van der Waals surface area contributed by atoms with Crippen LogP contribution in [-0.2, 0) is 17.6 Å². The second-order valence-electron chi connectivity index (χ2n) is 6.18. The number of fused-ring (bicyclic) bond motifs is 1. The molecule has 1 fully saturated rings. The van der Waals surface area contributed by atoms with E-state index in [0.29, 0.717) is 11.5 Å². The molecule has 0 bridgehead atoms. The zero-order chi connectivity index (χ0) is 14.1. The van der Waals surface area contributed by atoms with Crippen molar-refractivity contribution in [2.45, 2.75) is 44.9 Å². The van der Waals surface area contributed by atoms with Gasteiger partial charge in [0.2, 0.25) is 0 Å². The third-order valence-corrected chi connectivity index (χ3v) is 4.94. The number of hydrogen-bond donors (Lipinski definition) is 1. The third kappa shape index (κ3) is 2.49. The molecule has 1 atom stereocenters. The van der Waals surface area contributed by atoms with Gasteiger partial charge in [0.1, 0.15) is 0 Å². The molecule has 3 nitrogen and oxygen atoms in total. The van der Waals surface area contributed by atoms with E-state index >= 15 is 0 Å². The van der Waals surface area contributed by atoms with Gasteiger partial charge >= 0.3 is 5.97 Å². The summed E-state index contributed by atoms with van der Waals surface area (Å²) < 4.78 is 0. The molecule has 1 N–H and O–H groups in total. The summed E-state index contributed by atoms with van der Waals surface area (Å²) in [6.07, 6.45) is 8.84. The Labute approximate surface area is 119 Å². The Kier molecular flexibility index (Phi) is 3.60. The maximum absolute atomic E-state index is 11.5. The number of Topliss-reactive ketones (excluding diaryl/α,β-unsaturated/α-hetero) is 1. The summed E-state index contributed by atoms with van der Waals surface area (Å²) >= 11 is 0. The minimum absolute atomic E-state index is 0.320. The maximum Gasteiger partial charge on any atom is 0.377 e. The van der Waals surface area contributed by atoms with Crippen LogP contribution in [0.4, 0.5) is 0 Å². The molecule has 0 aromatic heterocycles. The molecule has 1 aromatic carbocycles. The van der Waals surface area contributed by atoms with E-state index in [9.17, 15) is 9.59 Å². The maximum atomic E-state index is 11.5. The molecule has 2 aliphatic rings. The van der Waals surface area contributed by atoms with Gasteiger partial charge in [-0.25, -0.2) is 4.79 Å². The Morgan fingerprint density at radius 1 is 0.950 bits per heavy atom. The Morgan fingerprint density at radius 2 is 1.65 bits per heavy atom. The van der Waals surface area contributed by atoms with Crippen molar-refractivity contribution in [2.75, 3.05) is 0 Å². The van der Waals surface area contributed by atoms with Crippen molar-refractivity contribution in [3.8, 4) is 0 Å². The van der Waals surface area contributed by atoms with E-state index in [0.717, 1.165) is 18.8 Å². The minimum atomic E-state index is -1.37. The number of rotatable bonds is 3. The lowest BCUT2D eigenvalue weighted by Gasteiger charge is -2.27. The second kappa shape index (κ2) is 5.39. The van der Waals surface area contributed by atoms with E-state index in [2.05, 4.69) is 0 Å². The van der Waals surface area contributed by atoms with Gasteiger partial charge in [-0.3, -0.25) is 4.79 Å². The number of benzene rings is 1. The molecule has 2 aliphatic carbocycles. The van der Waals surface area contributed by atoms with Crippen LogP contribution in [0.25, 0.3) is 0 Å². The van der Waals surface area contributed by atoms with Crippen LogP contribution in [0.3, 0.4) is 0 Å². The van der Waals surface area contributed by atoms with Crippen molar-refractivity contribution in [2.24, 2.45) is 11.8 Å². The summed E-state index contributed by atoms with van der Waals surface area (Å²) in [7, 11) is 0. The van der Waals surface area contributed by atoms with Gasteiger partial charge in [-0.2, -0.15) is 0 Å². The molecule has 0 amide bonds. The monoisotopic (exact) mass is 272 g/mol. The molecular formula is C17H20O3. The number of carbonyl (C=O) groups is 2. The molecule has 0 radical (unpaired) electrons. The van der Waals surface area contributed by atoms with Crippen LogP contribution in [0, 0.1) is 11.8 Å². The number of carboxylic acid groups (broad SMARTS) is 1. The SMILES string of the molecule is O=C(O)C(=O)c1ccc2c(c1)C[C@@H](C1CCCCC1)C2. The summed E-state index contributed by atoms with van der Waals surface area (Å²) in [5.41, 5.74) is 2.82. The number of aliphatic carboxylic acids is 1. The Bertz CT molecular complexity index is 541. The topological polar surface area (TPSA) is 54.4 Å². The van der Waals surface area contributed by atoms with Crippen LogP contribution in [0.15, 0.2) is 18.2 Å². The van der Waals surface area contributed by atoms with Crippen LogP contribution < -0.4 is 0 Å². The highest BCUT2D eigenvalue weighted by Crippen LogP contribution is 2.38. The molecule has 20 heavy (non-hydrogen) atoms. The summed E-state index contributed by atoms with van der Waals surface area (Å²) in [6, 6.07) is 5.42. The molecule has 0 unspecified atom stereocenters. The van der Waals surface area contributed by atoms with Crippen LogP contribution in [0.2, 0.25) is 0 Å². The molecule has 0 spiro atoms. The van der Waals surface area contributed by atoms with Gasteiger partial charge in [-0.05, 0) is 41.9 Å². The molecule has 0 aliphatic heterocycles. The van der Waals surface area contributed by atoms with Gasteiger partial charge in [-0.1, -0.05) is 44.2 Å². The van der Waals surface area contributed by atoms with Gasteiger partial charge in [0.05, 0.1) is 0 Å². The average molecular weight is 272 g/mol. The number of hydrogen-bond acceptors (Lipinski definition) is 2.